The van der Waals surface area contributed by atoms with Gasteiger partial charge in [-0.25, -0.2) is 0 Å². The first kappa shape index (κ1) is 39.5. The molecule has 11 heteroatoms. The van der Waals surface area contributed by atoms with Gasteiger partial charge in [-0.3, -0.25) is 9.69 Å². The van der Waals surface area contributed by atoms with Gasteiger partial charge in [0.2, 0.25) is 0 Å². The van der Waals surface area contributed by atoms with Gasteiger partial charge in [0.05, 0.1) is 31.5 Å². The molecular weight excluding hydrogens is 675 g/mol. The first-order valence-corrected chi connectivity index (χ1v) is 17.9. The van der Waals surface area contributed by atoms with E-state index in [4.69, 9.17) is 4.74 Å². The standard InChI is InChI=1S/C41H50F3NO7/c1-27-5-4-19-39(2)37(35-17-9-29(21-31(47)12-6-27)22-36(35)38(49)30-10-15-33(51-3)16-11-30)18-20-40(39,50)26-45(24-32(48)25-46)23-28-7-13-34(14-8-28)52-41(42,43)44/h5,7-11,13-17,22,31-32,37,46-48,50H,4,6,12,18-21,23-26H2,1-3H3. The Morgan fingerprint density at radius 1 is 1.02 bits per heavy atom. The minimum Gasteiger partial charge on any atom is -0.497 e. The molecule has 3 aromatic rings. The van der Waals surface area contributed by atoms with Crippen molar-refractivity contribution in [3.8, 4) is 11.5 Å². The maximum Gasteiger partial charge on any atom is 0.573 e. The number of methoxy groups -OCH3 is 1. The number of ether oxygens (including phenoxy) is 2. The molecule has 0 aliphatic heterocycles. The number of alkyl halides is 3. The molecule has 2 bridgehead atoms. The molecule has 0 saturated heterocycles. The van der Waals surface area contributed by atoms with Crippen molar-refractivity contribution in [3.05, 3.63) is 106 Å². The van der Waals surface area contributed by atoms with Crippen LogP contribution < -0.4 is 9.47 Å². The van der Waals surface area contributed by atoms with Gasteiger partial charge in [-0.1, -0.05) is 42.8 Å². The van der Waals surface area contributed by atoms with Gasteiger partial charge in [0.25, 0.3) is 0 Å². The number of rotatable bonds is 11. The van der Waals surface area contributed by atoms with E-state index in [1.165, 1.54) is 24.3 Å². The van der Waals surface area contributed by atoms with Gasteiger partial charge in [0, 0.05) is 36.2 Å². The minimum absolute atomic E-state index is 0.0115. The molecule has 1 saturated carbocycles. The van der Waals surface area contributed by atoms with Crippen molar-refractivity contribution in [1.29, 1.82) is 0 Å². The molecule has 0 aromatic heterocycles. The summed E-state index contributed by atoms with van der Waals surface area (Å²) in [6, 6.07) is 18.2. The zero-order valence-electron chi connectivity index (χ0n) is 30.0. The molecule has 1 fully saturated rings. The summed E-state index contributed by atoms with van der Waals surface area (Å²) in [6.07, 6.45) is -0.500. The second kappa shape index (κ2) is 16.5. The van der Waals surface area contributed by atoms with Crippen molar-refractivity contribution >= 4 is 5.78 Å². The molecule has 3 aliphatic carbocycles. The highest BCUT2D eigenvalue weighted by atomic mass is 19.4. The Labute approximate surface area is 303 Å². The molecule has 0 radical (unpaired) electrons. The van der Waals surface area contributed by atoms with Gasteiger partial charge in [-0.05, 0) is 117 Å². The van der Waals surface area contributed by atoms with Crippen LogP contribution in [0.5, 0.6) is 11.5 Å². The molecule has 4 N–H and O–H groups in total. The molecule has 5 unspecified atom stereocenters. The number of carbonyl (C=O) groups is 1. The number of ketones is 1. The van der Waals surface area contributed by atoms with E-state index >= 15 is 0 Å². The summed E-state index contributed by atoms with van der Waals surface area (Å²) >= 11 is 0. The lowest BCUT2D eigenvalue weighted by molar-refractivity contribution is -0.274. The third kappa shape index (κ3) is 9.43. The van der Waals surface area contributed by atoms with Crippen LogP contribution in [0.3, 0.4) is 0 Å². The molecule has 52 heavy (non-hydrogen) atoms. The van der Waals surface area contributed by atoms with E-state index < -0.39 is 36.2 Å². The fourth-order valence-corrected chi connectivity index (χ4v) is 8.06. The van der Waals surface area contributed by atoms with Crippen molar-refractivity contribution < 1.29 is 47.9 Å². The third-order valence-corrected chi connectivity index (χ3v) is 11.0. The highest BCUT2D eigenvalue weighted by Crippen LogP contribution is 2.59. The number of hydrogen-bond acceptors (Lipinski definition) is 8. The number of halogens is 3. The monoisotopic (exact) mass is 725 g/mol. The maximum absolute atomic E-state index is 14.3. The summed E-state index contributed by atoms with van der Waals surface area (Å²) in [6.45, 7) is 3.90. The van der Waals surface area contributed by atoms with E-state index in [0.717, 1.165) is 16.7 Å². The second-order valence-corrected chi connectivity index (χ2v) is 14.7. The van der Waals surface area contributed by atoms with E-state index in [1.807, 2.05) is 30.0 Å². The topological polar surface area (TPSA) is 120 Å². The second-order valence-electron chi connectivity index (χ2n) is 14.7. The molecule has 3 aromatic carbocycles. The summed E-state index contributed by atoms with van der Waals surface area (Å²) in [5.74, 6) is -0.137. The largest absolute Gasteiger partial charge is 0.573 e. The fraction of sp³-hybridized carbons (Fsp3) is 0.488. The molecule has 8 nitrogen and oxygen atoms in total. The van der Waals surface area contributed by atoms with Crippen LogP contribution in [-0.2, 0) is 13.0 Å². The van der Waals surface area contributed by atoms with Crippen molar-refractivity contribution in [2.45, 2.75) is 95.4 Å². The van der Waals surface area contributed by atoms with Crippen molar-refractivity contribution in [2.75, 3.05) is 26.8 Å². The smallest absolute Gasteiger partial charge is 0.497 e. The van der Waals surface area contributed by atoms with E-state index in [-0.39, 0.29) is 37.1 Å². The van der Waals surface area contributed by atoms with Gasteiger partial charge in [0.1, 0.15) is 11.5 Å². The third-order valence-electron chi connectivity index (χ3n) is 11.0. The predicted molar refractivity (Wildman–Crippen MR) is 191 cm³/mol. The SMILES string of the molecule is COc1ccc(C(=O)c2cc3ccc2C2CCC(O)(CN(Cc4ccc(OC(F)(F)F)cc4)CC(O)CO)C2(C)CCC=C(C)CCC(O)C3)cc1. The lowest BCUT2D eigenvalue weighted by Crippen LogP contribution is -2.53. The van der Waals surface area contributed by atoms with Crippen LogP contribution in [0.25, 0.3) is 0 Å². The van der Waals surface area contributed by atoms with Crippen LogP contribution in [0.15, 0.2) is 78.4 Å². The Morgan fingerprint density at radius 3 is 2.37 bits per heavy atom. The van der Waals surface area contributed by atoms with Crippen LogP contribution in [0, 0.1) is 5.41 Å². The van der Waals surface area contributed by atoms with E-state index in [0.29, 0.717) is 67.4 Å². The van der Waals surface area contributed by atoms with Gasteiger partial charge in [-0.15, -0.1) is 13.2 Å². The molecule has 0 heterocycles. The Kier molecular flexibility index (Phi) is 12.5. The highest BCUT2D eigenvalue weighted by Gasteiger charge is 2.57. The number of aliphatic hydroxyl groups excluding tert-OH is 3. The molecule has 5 atom stereocenters. The molecule has 3 aliphatic rings. The van der Waals surface area contributed by atoms with Gasteiger partial charge in [0.15, 0.2) is 5.78 Å². The van der Waals surface area contributed by atoms with Crippen LogP contribution in [0.4, 0.5) is 13.2 Å². The quantitative estimate of drug-likeness (QED) is 0.127. The number of carbonyl (C=O) groups excluding carboxylic acids is 1. The highest BCUT2D eigenvalue weighted by molar-refractivity contribution is 6.10. The number of fused-ring (bicyclic) bond motifs is 8. The van der Waals surface area contributed by atoms with E-state index in [2.05, 4.69) is 17.7 Å². The normalized spacial score (nSPS) is 24.6. The lowest BCUT2D eigenvalue weighted by Gasteiger charge is -2.46. The van der Waals surface area contributed by atoms with Crippen LogP contribution in [-0.4, -0.2) is 82.1 Å². The van der Waals surface area contributed by atoms with Gasteiger partial charge in [-0.2, -0.15) is 0 Å². The summed E-state index contributed by atoms with van der Waals surface area (Å²) in [5, 5.41) is 44.0. The Balaban J connectivity index is 1.54. The molecular formula is C41H50F3NO7. The van der Waals surface area contributed by atoms with Gasteiger partial charge < -0.3 is 29.9 Å². The number of benzene rings is 3. The Morgan fingerprint density at radius 2 is 1.71 bits per heavy atom. The zero-order chi connectivity index (χ0) is 37.7. The Hall–Kier alpha value is -3.74. The lowest BCUT2D eigenvalue weighted by atomic mass is 9.64. The van der Waals surface area contributed by atoms with Crippen molar-refractivity contribution in [2.24, 2.45) is 5.41 Å². The Bertz CT molecular complexity index is 1690. The van der Waals surface area contributed by atoms with Crippen LogP contribution in [0.1, 0.15) is 90.9 Å². The minimum atomic E-state index is -4.82. The van der Waals surface area contributed by atoms with Crippen molar-refractivity contribution in [1.82, 2.24) is 4.90 Å². The number of allylic oxidation sites excluding steroid dienone is 2. The average molecular weight is 726 g/mol. The number of nitrogens with zero attached hydrogens (tertiary/aromatic N) is 1. The predicted octanol–water partition coefficient (Wildman–Crippen LogP) is 6.72. The van der Waals surface area contributed by atoms with Crippen LogP contribution in [0.2, 0.25) is 0 Å². The molecule has 6 rings (SSSR count). The first-order valence-electron chi connectivity index (χ1n) is 17.9. The summed E-state index contributed by atoms with van der Waals surface area (Å²) in [5.41, 5.74) is 2.37. The average Bonchev–Trinajstić information content (AvgIpc) is 3.35. The maximum atomic E-state index is 14.3. The van der Waals surface area contributed by atoms with E-state index in [1.54, 1.807) is 31.4 Å². The van der Waals surface area contributed by atoms with Crippen molar-refractivity contribution in [3.63, 3.8) is 0 Å². The first-order chi connectivity index (χ1) is 24.6. The fourth-order valence-electron chi connectivity index (χ4n) is 8.06. The molecule has 0 spiro atoms. The molecule has 0 amide bonds. The zero-order valence-corrected chi connectivity index (χ0v) is 30.0. The molecule has 282 valence electrons. The van der Waals surface area contributed by atoms with E-state index in [9.17, 15) is 38.4 Å². The summed E-state index contributed by atoms with van der Waals surface area (Å²) in [4.78, 5) is 16.1. The summed E-state index contributed by atoms with van der Waals surface area (Å²) < 4.78 is 47.7. The van der Waals surface area contributed by atoms with Gasteiger partial charge >= 0.3 is 6.36 Å². The number of aliphatic hydroxyl groups is 4. The summed E-state index contributed by atoms with van der Waals surface area (Å²) in [7, 11) is 1.56. The number of hydrogen-bond donors (Lipinski definition) is 4. The van der Waals surface area contributed by atoms with Crippen LogP contribution >= 0.6 is 0 Å².